The molecule has 0 bridgehead atoms. The van der Waals surface area contributed by atoms with Crippen LogP contribution in [0.4, 0.5) is 10.1 Å². The normalized spacial score (nSPS) is 15.7. The fraction of sp³-hybridized carbons (Fsp3) is 0.381. The summed E-state index contributed by atoms with van der Waals surface area (Å²) in [5.41, 5.74) is 2.42. The average Bonchev–Trinajstić information content (AvgIpc) is 2.72. The molecule has 0 amide bonds. The van der Waals surface area contributed by atoms with Gasteiger partial charge in [-0.2, -0.15) is 0 Å². The molecular weight excluding hydrogens is 377 g/mol. The van der Waals surface area contributed by atoms with Crippen molar-refractivity contribution in [2.75, 3.05) is 45.3 Å². The Labute approximate surface area is 170 Å². The minimum absolute atomic E-state index is 0.143. The van der Waals surface area contributed by atoms with Crippen molar-refractivity contribution in [3.63, 3.8) is 0 Å². The first-order chi connectivity index (χ1) is 13.6. The van der Waals surface area contributed by atoms with E-state index in [4.69, 9.17) is 21.7 Å². The van der Waals surface area contributed by atoms with Gasteiger partial charge >= 0.3 is 0 Å². The van der Waals surface area contributed by atoms with Crippen molar-refractivity contribution in [2.45, 2.75) is 13.0 Å². The van der Waals surface area contributed by atoms with Crippen molar-refractivity contribution in [1.29, 1.82) is 0 Å². The largest absolute Gasteiger partial charge is 0.497 e. The molecule has 5 nitrogen and oxygen atoms in total. The topological polar surface area (TPSA) is 45.8 Å². The molecule has 150 valence electrons. The van der Waals surface area contributed by atoms with Gasteiger partial charge in [0, 0.05) is 25.3 Å². The summed E-state index contributed by atoms with van der Waals surface area (Å²) >= 11 is 5.41. The van der Waals surface area contributed by atoms with Crippen LogP contribution < -0.4 is 15.4 Å². The third kappa shape index (κ3) is 5.41. The molecule has 0 aromatic heterocycles. The Morgan fingerprint density at radius 1 is 1.21 bits per heavy atom. The van der Waals surface area contributed by atoms with Gasteiger partial charge in [-0.25, -0.2) is 4.39 Å². The van der Waals surface area contributed by atoms with Crippen molar-refractivity contribution < 1.29 is 13.9 Å². The summed E-state index contributed by atoms with van der Waals surface area (Å²) in [6.45, 7) is 5.53. The monoisotopic (exact) mass is 403 g/mol. The molecule has 1 aliphatic heterocycles. The van der Waals surface area contributed by atoms with E-state index in [0.29, 0.717) is 22.9 Å². The summed E-state index contributed by atoms with van der Waals surface area (Å²) in [6.07, 6.45) is 0. The molecule has 3 rings (SSSR count). The predicted octanol–water partition coefficient (Wildman–Crippen LogP) is 3.50. The van der Waals surface area contributed by atoms with E-state index in [1.54, 1.807) is 20.1 Å². The Balaban J connectivity index is 1.66. The summed E-state index contributed by atoms with van der Waals surface area (Å²) in [5.74, 6) is 0.577. The first kappa shape index (κ1) is 20.5. The van der Waals surface area contributed by atoms with Gasteiger partial charge in [-0.1, -0.05) is 18.2 Å². The zero-order valence-electron chi connectivity index (χ0n) is 16.2. The average molecular weight is 404 g/mol. The molecule has 2 N–H and O–H groups in total. The van der Waals surface area contributed by atoms with Crippen molar-refractivity contribution in [3.05, 3.63) is 59.4 Å². The molecule has 0 saturated carbocycles. The fourth-order valence-corrected chi connectivity index (χ4v) is 3.41. The number of morpholine rings is 1. The molecule has 7 heteroatoms. The van der Waals surface area contributed by atoms with Crippen LogP contribution >= 0.6 is 12.2 Å². The van der Waals surface area contributed by atoms with Crippen LogP contribution in [0.2, 0.25) is 0 Å². The molecule has 2 aromatic rings. The number of thiocarbonyl (C=S) groups is 1. The van der Waals surface area contributed by atoms with Gasteiger partial charge in [0.25, 0.3) is 0 Å². The second-order valence-electron chi connectivity index (χ2n) is 6.74. The maximum Gasteiger partial charge on any atom is 0.170 e. The van der Waals surface area contributed by atoms with Crippen molar-refractivity contribution in [3.8, 4) is 5.75 Å². The molecule has 1 fully saturated rings. The molecule has 0 radical (unpaired) electrons. The molecule has 2 aromatic carbocycles. The summed E-state index contributed by atoms with van der Waals surface area (Å²) in [4.78, 5) is 2.38. The number of nitrogens with zero attached hydrogens (tertiary/aromatic N) is 1. The van der Waals surface area contributed by atoms with Gasteiger partial charge in [0.05, 0.1) is 26.4 Å². The van der Waals surface area contributed by atoms with E-state index in [2.05, 4.69) is 27.7 Å². The van der Waals surface area contributed by atoms with Crippen LogP contribution in [0.3, 0.4) is 0 Å². The number of anilines is 1. The number of hydrogen-bond acceptors (Lipinski definition) is 4. The molecule has 0 spiro atoms. The fourth-order valence-electron chi connectivity index (χ4n) is 3.21. The lowest BCUT2D eigenvalue weighted by Gasteiger charge is -2.35. The zero-order valence-corrected chi connectivity index (χ0v) is 17.0. The SMILES string of the molecule is COc1ccc(C(CNC(=S)Nc2ccc(C)c(F)c2)N2CCOCC2)cc1. The molecular formula is C21H26FN3O2S. The van der Waals surface area contributed by atoms with Crippen LogP contribution in [-0.4, -0.2) is 50.0 Å². The molecule has 28 heavy (non-hydrogen) atoms. The number of benzene rings is 2. The maximum absolute atomic E-state index is 13.7. The van der Waals surface area contributed by atoms with E-state index in [-0.39, 0.29) is 11.9 Å². The third-order valence-electron chi connectivity index (χ3n) is 4.87. The van der Waals surface area contributed by atoms with Crippen LogP contribution in [-0.2, 0) is 4.74 Å². The lowest BCUT2D eigenvalue weighted by atomic mass is 10.0. The van der Waals surface area contributed by atoms with E-state index in [9.17, 15) is 4.39 Å². The highest BCUT2D eigenvalue weighted by atomic mass is 32.1. The Kier molecular flexibility index (Phi) is 7.19. The highest BCUT2D eigenvalue weighted by Gasteiger charge is 2.23. The van der Waals surface area contributed by atoms with E-state index >= 15 is 0 Å². The van der Waals surface area contributed by atoms with Gasteiger partial charge in [0.1, 0.15) is 11.6 Å². The lowest BCUT2D eigenvalue weighted by molar-refractivity contribution is 0.0170. The van der Waals surface area contributed by atoms with Crippen LogP contribution in [0, 0.1) is 12.7 Å². The third-order valence-corrected chi connectivity index (χ3v) is 5.12. The quantitative estimate of drug-likeness (QED) is 0.720. The van der Waals surface area contributed by atoms with Gasteiger partial charge in [0.2, 0.25) is 0 Å². The van der Waals surface area contributed by atoms with E-state index in [1.165, 1.54) is 11.6 Å². The second kappa shape index (κ2) is 9.82. The van der Waals surface area contributed by atoms with Gasteiger partial charge < -0.3 is 20.1 Å². The zero-order chi connectivity index (χ0) is 19.9. The Hall–Kier alpha value is -2.22. The van der Waals surface area contributed by atoms with E-state index < -0.39 is 0 Å². The number of aryl methyl sites for hydroxylation is 1. The predicted molar refractivity (Wildman–Crippen MR) is 113 cm³/mol. The number of hydrogen-bond donors (Lipinski definition) is 2. The minimum Gasteiger partial charge on any atom is -0.497 e. The van der Waals surface area contributed by atoms with Crippen LogP contribution in [0.25, 0.3) is 0 Å². The van der Waals surface area contributed by atoms with E-state index in [1.807, 2.05) is 18.2 Å². The van der Waals surface area contributed by atoms with Crippen molar-refractivity contribution >= 4 is 23.0 Å². The molecule has 1 heterocycles. The molecule has 1 saturated heterocycles. The number of methoxy groups -OCH3 is 1. The summed E-state index contributed by atoms with van der Waals surface area (Å²) in [6, 6.07) is 13.2. The molecule has 1 aliphatic rings. The molecule has 0 aliphatic carbocycles. The highest BCUT2D eigenvalue weighted by molar-refractivity contribution is 7.80. The van der Waals surface area contributed by atoms with Gasteiger partial charge in [-0.3, -0.25) is 4.90 Å². The van der Waals surface area contributed by atoms with Gasteiger partial charge in [-0.05, 0) is 54.5 Å². The van der Waals surface area contributed by atoms with Gasteiger partial charge in [0.15, 0.2) is 5.11 Å². The summed E-state index contributed by atoms with van der Waals surface area (Å²) < 4.78 is 24.5. The first-order valence-electron chi connectivity index (χ1n) is 9.33. The number of nitrogens with one attached hydrogen (secondary N) is 2. The molecule has 1 unspecified atom stereocenters. The van der Waals surface area contributed by atoms with Gasteiger partial charge in [-0.15, -0.1) is 0 Å². The standard InChI is InChI=1S/C21H26FN3O2S/c1-15-3-6-17(13-19(15)22)24-21(28)23-14-20(25-9-11-27-12-10-25)16-4-7-18(26-2)8-5-16/h3-8,13,20H,9-12,14H2,1-2H3,(H2,23,24,28). The maximum atomic E-state index is 13.7. The van der Waals surface area contributed by atoms with Crippen LogP contribution in [0.1, 0.15) is 17.2 Å². The summed E-state index contributed by atoms with van der Waals surface area (Å²) in [7, 11) is 1.66. The molecule has 1 atom stereocenters. The van der Waals surface area contributed by atoms with Crippen LogP contribution in [0.15, 0.2) is 42.5 Å². The minimum atomic E-state index is -0.253. The number of ether oxygens (including phenoxy) is 2. The van der Waals surface area contributed by atoms with Crippen LogP contribution in [0.5, 0.6) is 5.75 Å². The second-order valence-corrected chi connectivity index (χ2v) is 7.14. The number of rotatable bonds is 6. The Bertz CT molecular complexity index is 795. The summed E-state index contributed by atoms with van der Waals surface area (Å²) in [5, 5.41) is 6.80. The van der Waals surface area contributed by atoms with Crippen molar-refractivity contribution in [2.24, 2.45) is 0 Å². The highest BCUT2D eigenvalue weighted by Crippen LogP contribution is 2.24. The lowest BCUT2D eigenvalue weighted by Crippen LogP contribution is -2.44. The number of halogens is 1. The smallest absolute Gasteiger partial charge is 0.170 e. The Morgan fingerprint density at radius 2 is 1.93 bits per heavy atom. The Morgan fingerprint density at radius 3 is 2.57 bits per heavy atom. The van der Waals surface area contributed by atoms with Crippen molar-refractivity contribution in [1.82, 2.24) is 10.2 Å². The first-order valence-corrected chi connectivity index (χ1v) is 9.74. The van der Waals surface area contributed by atoms with E-state index in [0.717, 1.165) is 32.1 Å².